The van der Waals surface area contributed by atoms with Crippen molar-refractivity contribution < 1.29 is 23.7 Å². The Morgan fingerprint density at radius 2 is 1.93 bits per heavy atom. The van der Waals surface area contributed by atoms with Crippen molar-refractivity contribution in [1.29, 1.82) is 0 Å². The molecular weight excluding hydrogens is 382 g/mol. The summed E-state index contributed by atoms with van der Waals surface area (Å²) in [7, 11) is 0. The number of fused-ring (bicyclic) bond motifs is 1. The Morgan fingerprint density at radius 1 is 1.21 bits per heavy atom. The van der Waals surface area contributed by atoms with E-state index < -0.39 is 36.4 Å². The van der Waals surface area contributed by atoms with Crippen molar-refractivity contribution in [3.63, 3.8) is 0 Å². The molecule has 0 bridgehead atoms. The number of nitrogens with zero attached hydrogens (tertiary/aromatic N) is 3. The fourth-order valence-corrected chi connectivity index (χ4v) is 3.88. The van der Waals surface area contributed by atoms with Gasteiger partial charge in [0.2, 0.25) is 0 Å². The van der Waals surface area contributed by atoms with Gasteiger partial charge < -0.3 is 25.3 Å². The molecule has 0 unspecified atom stereocenters. The molecule has 1 aromatic carbocycles. The highest BCUT2D eigenvalue weighted by molar-refractivity contribution is 5.86. The standard InChI is InChI=1S/C20H22F2N4O3/c1-20(2)14(28)19(26-7-6-12-17(23)24-9-25-18(12)26)29-15(20)13(27)10-4-3-5-11(8-10)16(21)22/h3-9,13-16,19,27-28H,1-2H3,(H2,23,24,25)/t13-,14-,15+,19+/m0/s1. The number of aromatic nitrogens is 3. The number of anilines is 1. The Kier molecular flexibility index (Phi) is 4.76. The topological polar surface area (TPSA) is 106 Å². The summed E-state index contributed by atoms with van der Waals surface area (Å²) in [5.41, 5.74) is 5.62. The van der Waals surface area contributed by atoms with Crippen molar-refractivity contribution in [2.45, 2.75) is 44.8 Å². The van der Waals surface area contributed by atoms with Crippen LogP contribution in [0.3, 0.4) is 0 Å². The smallest absolute Gasteiger partial charge is 0.263 e. The van der Waals surface area contributed by atoms with E-state index in [9.17, 15) is 19.0 Å². The fourth-order valence-electron chi connectivity index (χ4n) is 3.88. The molecule has 4 atom stereocenters. The lowest BCUT2D eigenvalue weighted by Gasteiger charge is -2.31. The van der Waals surface area contributed by atoms with E-state index in [1.54, 1.807) is 36.7 Å². The molecule has 29 heavy (non-hydrogen) atoms. The normalized spacial score (nSPS) is 25.0. The van der Waals surface area contributed by atoms with Crippen LogP contribution in [0.2, 0.25) is 0 Å². The van der Waals surface area contributed by atoms with Crippen LogP contribution in [0, 0.1) is 5.41 Å². The Bertz CT molecular complexity index is 1040. The first-order valence-electron chi connectivity index (χ1n) is 9.18. The van der Waals surface area contributed by atoms with Crippen LogP contribution in [0.1, 0.15) is 43.7 Å². The molecule has 1 aliphatic heterocycles. The molecule has 154 valence electrons. The Hall–Kier alpha value is -2.62. The summed E-state index contributed by atoms with van der Waals surface area (Å²) in [5, 5.41) is 22.5. The molecule has 0 saturated carbocycles. The van der Waals surface area contributed by atoms with Gasteiger partial charge in [-0.2, -0.15) is 0 Å². The molecule has 0 spiro atoms. The van der Waals surface area contributed by atoms with Crippen LogP contribution in [0.25, 0.3) is 11.0 Å². The monoisotopic (exact) mass is 404 g/mol. The lowest BCUT2D eigenvalue weighted by Crippen LogP contribution is -2.38. The number of nitrogens with two attached hydrogens (primary N) is 1. The zero-order chi connectivity index (χ0) is 20.9. The molecule has 3 heterocycles. The summed E-state index contributed by atoms with van der Waals surface area (Å²) < 4.78 is 33.8. The van der Waals surface area contributed by atoms with Gasteiger partial charge in [0.15, 0.2) is 6.23 Å². The number of rotatable bonds is 4. The second kappa shape index (κ2) is 7.01. The van der Waals surface area contributed by atoms with Crippen LogP contribution in [0.4, 0.5) is 14.6 Å². The van der Waals surface area contributed by atoms with Crippen LogP contribution < -0.4 is 5.73 Å². The highest BCUT2D eigenvalue weighted by atomic mass is 19.3. The zero-order valence-corrected chi connectivity index (χ0v) is 15.9. The van der Waals surface area contributed by atoms with Crippen molar-refractivity contribution in [2.75, 3.05) is 5.73 Å². The highest BCUT2D eigenvalue weighted by Crippen LogP contribution is 2.48. The second-order valence-corrected chi connectivity index (χ2v) is 7.85. The summed E-state index contributed by atoms with van der Waals surface area (Å²) >= 11 is 0. The number of halogens is 2. The number of aliphatic hydroxyl groups excluding tert-OH is 2. The van der Waals surface area contributed by atoms with Crippen molar-refractivity contribution in [2.24, 2.45) is 5.41 Å². The quantitative estimate of drug-likeness (QED) is 0.617. The van der Waals surface area contributed by atoms with E-state index in [0.717, 1.165) is 0 Å². The number of nitrogen functional groups attached to an aromatic ring is 1. The lowest BCUT2D eigenvalue weighted by molar-refractivity contribution is -0.0839. The minimum absolute atomic E-state index is 0.182. The maximum Gasteiger partial charge on any atom is 0.263 e. The van der Waals surface area contributed by atoms with Gasteiger partial charge in [0.25, 0.3) is 6.43 Å². The highest BCUT2D eigenvalue weighted by Gasteiger charge is 2.53. The molecule has 9 heteroatoms. The molecule has 3 aromatic rings. The Morgan fingerprint density at radius 3 is 2.66 bits per heavy atom. The maximum atomic E-state index is 13.1. The van der Waals surface area contributed by atoms with Gasteiger partial charge in [-0.3, -0.25) is 0 Å². The number of benzene rings is 1. The van der Waals surface area contributed by atoms with Crippen molar-refractivity contribution in [1.82, 2.24) is 14.5 Å². The number of hydrogen-bond acceptors (Lipinski definition) is 6. The maximum absolute atomic E-state index is 13.1. The van der Waals surface area contributed by atoms with E-state index in [1.807, 2.05) is 0 Å². The van der Waals surface area contributed by atoms with E-state index in [1.165, 1.54) is 24.5 Å². The van der Waals surface area contributed by atoms with E-state index in [4.69, 9.17) is 10.5 Å². The van der Waals surface area contributed by atoms with Crippen molar-refractivity contribution >= 4 is 16.9 Å². The number of aliphatic hydroxyl groups is 2. The van der Waals surface area contributed by atoms with Gasteiger partial charge in [-0.05, 0) is 17.7 Å². The molecule has 4 rings (SSSR count). The molecule has 1 saturated heterocycles. The largest absolute Gasteiger partial charge is 0.388 e. The van der Waals surface area contributed by atoms with Crippen LogP contribution in [0.5, 0.6) is 0 Å². The number of ether oxygens (including phenoxy) is 1. The van der Waals surface area contributed by atoms with Crippen molar-refractivity contribution in [3.8, 4) is 0 Å². The van der Waals surface area contributed by atoms with Crippen LogP contribution in [-0.2, 0) is 4.74 Å². The average molecular weight is 404 g/mol. The molecule has 0 amide bonds. The third-order valence-electron chi connectivity index (χ3n) is 5.66. The van der Waals surface area contributed by atoms with Crippen LogP contribution in [-0.4, -0.2) is 37.0 Å². The van der Waals surface area contributed by atoms with E-state index >= 15 is 0 Å². The molecule has 0 radical (unpaired) electrons. The zero-order valence-electron chi connectivity index (χ0n) is 15.9. The molecule has 1 fully saturated rings. The summed E-state index contributed by atoms with van der Waals surface area (Å²) in [6.07, 6.45) is -3.51. The third kappa shape index (κ3) is 3.15. The number of alkyl halides is 2. The van der Waals surface area contributed by atoms with Gasteiger partial charge in [0.1, 0.15) is 30.0 Å². The fraction of sp³-hybridized carbons (Fsp3) is 0.400. The predicted molar refractivity (Wildman–Crippen MR) is 102 cm³/mol. The van der Waals surface area contributed by atoms with Gasteiger partial charge in [-0.15, -0.1) is 0 Å². The molecular formula is C20H22F2N4O3. The van der Waals surface area contributed by atoms with Crippen LogP contribution >= 0.6 is 0 Å². The van der Waals surface area contributed by atoms with E-state index in [0.29, 0.717) is 22.4 Å². The second-order valence-electron chi connectivity index (χ2n) is 7.85. The van der Waals surface area contributed by atoms with Gasteiger partial charge >= 0.3 is 0 Å². The van der Waals surface area contributed by atoms with Gasteiger partial charge in [0, 0.05) is 17.2 Å². The summed E-state index contributed by atoms with van der Waals surface area (Å²) in [6.45, 7) is 3.52. The summed E-state index contributed by atoms with van der Waals surface area (Å²) in [4.78, 5) is 8.17. The summed E-state index contributed by atoms with van der Waals surface area (Å²) in [5.74, 6) is 0.306. The first-order valence-corrected chi connectivity index (χ1v) is 9.18. The Balaban J connectivity index is 1.69. The molecule has 0 aliphatic carbocycles. The van der Waals surface area contributed by atoms with E-state index in [-0.39, 0.29) is 5.56 Å². The first-order chi connectivity index (χ1) is 13.7. The average Bonchev–Trinajstić information content (AvgIpc) is 3.22. The Labute approximate surface area is 165 Å². The first kappa shape index (κ1) is 19.7. The SMILES string of the molecule is CC1(C)[C@@H]([C@@H](O)c2cccc(C(F)F)c2)O[C@@H](n2ccc3c(N)ncnc32)[C@@H]1O. The van der Waals surface area contributed by atoms with Gasteiger partial charge in [-0.25, -0.2) is 18.7 Å². The summed E-state index contributed by atoms with van der Waals surface area (Å²) in [6, 6.07) is 7.32. The minimum atomic E-state index is -2.64. The number of hydrogen-bond donors (Lipinski definition) is 3. The predicted octanol–water partition coefficient (Wildman–Crippen LogP) is 2.97. The van der Waals surface area contributed by atoms with E-state index in [2.05, 4.69) is 9.97 Å². The molecule has 4 N–H and O–H groups in total. The third-order valence-corrected chi connectivity index (χ3v) is 5.66. The van der Waals surface area contributed by atoms with Crippen LogP contribution in [0.15, 0.2) is 42.9 Å². The lowest BCUT2D eigenvalue weighted by atomic mass is 9.78. The van der Waals surface area contributed by atoms with Gasteiger partial charge in [0.05, 0.1) is 11.5 Å². The minimum Gasteiger partial charge on any atom is -0.388 e. The van der Waals surface area contributed by atoms with Crippen molar-refractivity contribution in [3.05, 3.63) is 54.0 Å². The molecule has 2 aromatic heterocycles. The molecule has 1 aliphatic rings. The molecule has 7 nitrogen and oxygen atoms in total. The van der Waals surface area contributed by atoms with Gasteiger partial charge in [-0.1, -0.05) is 32.0 Å².